The summed E-state index contributed by atoms with van der Waals surface area (Å²) in [4.78, 5) is 12.7. The average Bonchev–Trinajstić information content (AvgIpc) is 2.51. The summed E-state index contributed by atoms with van der Waals surface area (Å²) >= 11 is 12.6. The van der Waals surface area contributed by atoms with Gasteiger partial charge in [0.2, 0.25) is 0 Å². The smallest absolute Gasteiger partial charge is 0.193 e. The van der Waals surface area contributed by atoms with Gasteiger partial charge in [-0.2, -0.15) is 0 Å². The van der Waals surface area contributed by atoms with Crippen molar-refractivity contribution in [2.75, 3.05) is 0 Å². The van der Waals surface area contributed by atoms with Crippen LogP contribution in [0.2, 0.25) is 0 Å². The molecule has 22 heavy (non-hydrogen) atoms. The highest BCUT2D eigenvalue weighted by Gasteiger charge is 2.22. The first-order valence-corrected chi connectivity index (χ1v) is 9.85. The molecule has 116 valence electrons. The Kier molecular flexibility index (Phi) is 6.33. The second-order valence-electron chi connectivity index (χ2n) is 4.37. The third-order valence-corrected chi connectivity index (χ3v) is 5.50. The summed E-state index contributed by atoms with van der Waals surface area (Å²) in [6.45, 7) is 0. The highest BCUT2D eigenvalue weighted by molar-refractivity contribution is 9.11. The van der Waals surface area contributed by atoms with Crippen LogP contribution < -0.4 is 0 Å². The van der Waals surface area contributed by atoms with E-state index in [-0.39, 0.29) is 41.9 Å². The van der Waals surface area contributed by atoms with Crippen LogP contribution in [0, 0.1) is 11.6 Å². The molecule has 0 aliphatic carbocycles. The summed E-state index contributed by atoms with van der Waals surface area (Å²) in [5.74, 6) is -1.41. The molecule has 0 amide bonds. The molecule has 2 rings (SSSR count). The number of halogens is 6. The van der Waals surface area contributed by atoms with Crippen LogP contribution in [0.3, 0.4) is 0 Å². The topological polar surface area (TPSA) is 17.1 Å². The number of carbonyl (C=O) groups excluding carboxylic acids is 1. The second-order valence-corrected chi connectivity index (χ2v) is 7.20. The maximum absolute atomic E-state index is 14.1. The molecular formula is C15H8Br4F2O. The summed E-state index contributed by atoms with van der Waals surface area (Å²) in [5, 5.41) is 0.365. The largest absolute Gasteiger partial charge is 0.289 e. The van der Waals surface area contributed by atoms with Gasteiger partial charge in [-0.1, -0.05) is 31.9 Å². The maximum Gasteiger partial charge on any atom is 0.193 e. The fourth-order valence-electron chi connectivity index (χ4n) is 2.02. The molecule has 2 aromatic rings. The minimum atomic E-state index is -0.499. The van der Waals surface area contributed by atoms with Gasteiger partial charge in [-0.25, -0.2) is 8.78 Å². The minimum Gasteiger partial charge on any atom is -0.289 e. The van der Waals surface area contributed by atoms with Gasteiger partial charge in [0.1, 0.15) is 11.6 Å². The summed E-state index contributed by atoms with van der Waals surface area (Å²) in [5.41, 5.74) is 0.898. The van der Waals surface area contributed by atoms with E-state index < -0.39 is 17.4 Å². The van der Waals surface area contributed by atoms with Gasteiger partial charge in [0.25, 0.3) is 0 Å². The number of ketones is 1. The summed E-state index contributed by atoms with van der Waals surface area (Å²) in [6, 6.07) is 6.00. The predicted molar refractivity (Wildman–Crippen MR) is 96.9 cm³/mol. The van der Waals surface area contributed by atoms with E-state index in [1.807, 2.05) is 0 Å². The molecule has 0 bridgehead atoms. The van der Waals surface area contributed by atoms with Crippen LogP contribution in [-0.4, -0.2) is 5.78 Å². The normalized spacial score (nSPS) is 10.8. The van der Waals surface area contributed by atoms with Gasteiger partial charge in [-0.05, 0) is 56.1 Å². The van der Waals surface area contributed by atoms with Gasteiger partial charge in [-0.3, -0.25) is 4.79 Å². The first-order valence-electron chi connectivity index (χ1n) is 6.02. The SMILES string of the molecule is O=C(c1ccc(Br)c(F)c1CBr)c1ccc(Br)c(F)c1CBr. The molecule has 0 unspecified atom stereocenters. The first kappa shape index (κ1) is 18.2. The number of hydrogen-bond acceptors (Lipinski definition) is 1. The van der Waals surface area contributed by atoms with Gasteiger partial charge >= 0.3 is 0 Å². The number of carbonyl (C=O) groups is 1. The molecule has 0 aliphatic heterocycles. The van der Waals surface area contributed by atoms with Crippen LogP contribution in [0.15, 0.2) is 33.2 Å². The van der Waals surface area contributed by atoms with E-state index in [9.17, 15) is 13.6 Å². The average molecular weight is 562 g/mol. The van der Waals surface area contributed by atoms with E-state index in [4.69, 9.17) is 0 Å². The highest BCUT2D eigenvalue weighted by atomic mass is 79.9. The lowest BCUT2D eigenvalue weighted by molar-refractivity contribution is 0.103. The van der Waals surface area contributed by atoms with Crippen molar-refractivity contribution in [1.82, 2.24) is 0 Å². The zero-order valence-electron chi connectivity index (χ0n) is 10.9. The van der Waals surface area contributed by atoms with E-state index >= 15 is 0 Å². The number of hydrogen-bond donors (Lipinski definition) is 0. The molecule has 0 aliphatic rings. The Morgan fingerprint density at radius 1 is 0.818 bits per heavy atom. The van der Waals surface area contributed by atoms with Crippen LogP contribution in [0.4, 0.5) is 8.78 Å². The third-order valence-electron chi connectivity index (χ3n) is 3.15. The number of benzene rings is 2. The molecule has 2 aromatic carbocycles. The fraction of sp³-hybridized carbons (Fsp3) is 0.133. The first-order chi connectivity index (χ1) is 10.4. The van der Waals surface area contributed by atoms with E-state index in [2.05, 4.69) is 63.7 Å². The van der Waals surface area contributed by atoms with Gasteiger partial charge in [0.05, 0.1) is 8.95 Å². The molecule has 0 saturated heterocycles. The maximum atomic E-state index is 14.1. The summed E-state index contributed by atoms with van der Waals surface area (Å²) < 4.78 is 28.8. The monoisotopic (exact) mass is 558 g/mol. The van der Waals surface area contributed by atoms with Crippen molar-refractivity contribution >= 4 is 69.5 Å². The summed E-state index contributed by atoms with van der Waals surface area (Å²) in [6.07, 6.45) is 0. The zero-order chi connectivity index (χ0) is 16.4. The standard InChI is InChI=1S/C15H8Br4F2O/c16-5-9-7(1-3-11(18)13(9)20)15(22)8-2-4-12(19)14(21)10(8)6-17/h1-4H,5-6H2. The molecule has 0 atom stereocenters. The van der Waals surface area contributed by atoms with Crippen molar-refractivity contribution in [3.05, 3.63) is 67.1 Å². The van der Waals surface area contributed by atoms with E-state index in [0.717, 1.165) is 0 Å². The van der Waals surface area contributed by atoms with Crippen LogP contribution in [-0.2, 0) is 10.7 Å². The Morgan fingerprint density at radius 3 is 1.50 bits per heavy atom. The molecule has 0 heterocycles. The van der Waals surface area contributed by atoms with Gasteiger partial charge < -0.3 is 0 Å². The Hall–Kier alpha value is -0.110. The number of rotatable bonds is 4. The van der Waals surface area contributed by atoms with Crippen molar-refractivity contribution < 1.29 is 13.6 Å². The van der Waals surface area contributed by atoms with Crippen molar-refractivity contribution in [3.8, 4) is 0 Å². The minimum absolute atomic E-state index is 0.183. The lowest BCUT2D eigenvalue weighted by atomic mass is 9.95. The molecule has 0 spiro atoms. The Bertz CT molecular complexity index is 685. The highest BCUT2D eigenvalue weighted by Crippen LogP contribution is 2.30. The molecule has 0 radical (unpaired) electrons. The van der Waals surface area contributed by atoms with Crippen molar-refractivity contribution in [1.29, 1.82) is 0 Å². The molecule has 0 N–H and O–H groups in total. The van der Waals surface area contributed by atoms with Gasteiger partial charge in [0.15, 0.2) is 5.78 Å². The van der Waals surface area contributed by atoms with Gasteiger partial charge in [0, 0.05) is 32.9 Å². The van der Waals surface area contributed by atoms with Crippen molar-refractivity contribution in [3.63, 3.8) is 0 Å². The molecule has 0 aromatic heterocycles. The Labute approximate surface area is 160 Å². The lowest BCUT2D eigenvalue weighted by Crippen LogP contribution is -2.10. The third kappa shape index (κ3) is 3.37. The Balaban J connectivity index is 2.64. The molecule has 1 nitrogen and oxygen atoms in total. The van der Waals surface area contributed by atoms with Gasteiger partial charge in [-0.15, -0.1) is 0 Å². The van der Waals surface area contributed by atoms with Crippen LogP contribution >= 0.6 is 63.7 Å². The predicted octanol–water partition coefficient (Wildman–Crippen LogP) is 6.51. The van der Waals surface area contributed by atoms with Crippen LogP contribution in [0.25, 0.3) is 0 Å². The quantitative estimate of drug-likeness (QED) is 0.307. The number of alkyl halides is 2. The Morgan fingerprint density at radius 2 is 1.18 bits per heavy atom. The second kappa shape index (κ2) is 7.64. The molecule has 0 saturated carbocycles. The molecule has 7 heteroatoms. The van der Waals surface area contributed by atoms with Crippen molar-refractivity contribution in [2.24, 2.45) is 0 Å². The van der Waals surface area contributed by atoms with Crippen molar-refractivity contribution in [2.45, 2.75) is 10.7 Å². The van der Waals surface area contributed by atoms with Crippen LogP contribution in [0.5, 0.6) is 0 Å². The summed E-state index contributed by atoms with van der Waals surface area (Å²) in [7, 11) is 0. The van der Waals surface area contributed by atoms with E-state index in [1.165, 1.54) is 24.3 Å². The van der Waals surface area contributed by atoms with Crippen LogP contribution in [0.1, 0.15) is 27.0 Å². The van der Waals surface area contributed by atoms with E-state index in [0.29, 0.717) is 0 Å². The fourth-order valence-corrected chi connectivity index (χ4v) is 3.86. The molecular weight excluding hydrogens is 554 g/mol. The lowest BCUT2D eigenvalue weighted by Gasteiger charge is -2.12. The van der Waals surface area contributed by atoms with E-state index in [1.54, 1.807) is 0 Å². The molecule has 0 fully saturated rings. The zero-order valence-corrected chi connectivity index (χ0v) is 17.2.